The molecule has 1 unspecified atom stereocenters. The topological polar surface area (TPSA) is 113 Å². The number of rotatable bonds is 7. The lowest BCUT2D eigenvalue weighted by molar-refractivity contribution is 0.0473. The van der Waals surface area contributed by atoms with E-state index >= 15 is 0 Å². The van der Waals surface area contributed by atoms with Crippen LogP contribution in [0.15, 0.2) is 53.4 Å². The second kappa shape index (κ2) is 9.29. The number of aryl methyl sites for hydroxylation is 1. The third-order valence-electron chi connectivity index (χ3n) is 5.62. The zero-order valence-electron chi connectivity index (χ0n) is 19.8. The number of halogens is 1. The monoisotopic (exact) mass is 495 g/mol. The highest BCUT2D eigenvalue weighted by molar-refractivity contribution is 7.07. The number of hydrogen-bond acceptors (Lipinski definition) is 7. The molecule has 4 aromatic rings. The van der Waals surface area contributed by atoms with Crippen LogP contribution in [-0.4, -0.2) is 42.4 Å². The van der Waals surface area contributed by atoms with Gasteiger partial charge in [-0.25, -0.2) is 14.4 Å². The Morgan fingerprint density at radius 2 is 1.80 bits per heavy atom. The van der Waals surface area contributed by atoms with E-state index in [4.69, 9.17) is 0 Å². The summed E-state index contributed by atoms with van der Waals surface area (Å²) >= 11 is 1.43. The lowest BCUT2D eigenvalue weighted by Gasteiger charge is -2.27. The van der Waals surface area contributed by atoms with Crippen LogP contribution in [0.1, 0.15) is 42.5 Å². The maximum atomic E-state index is 13.4. The van der Waals surface area contributed by atoms with Crippen molar-refractivity contribution in [2.75, 3.05) is 6.54 Å². The number of aliphatic hydroxyl groups is 2. The maximum Gasteiger partial charge on any atom is 0.269 e. The van der Waals surface area contributed by atoms with E-state index in [1.165, 1.54) is 35.1 Å². The summed E-state index contributed by atoms with van der Waals surface area (Å²) in [6, 6.07) is 10.7. The Hall–Kier alpha value is -3.47. The van der Waals surface area contributed by atoms with Crippen molar-refractivity contribution in [3.63, 3.8) is 0 Å². The normalized spacial score (nSPS) is 13.5. The molecular weight excluding hydrogens is 469 g/mol. The van der Waals surface area contributed by atoms with E-state index in [0.717, 1.165) is 0 Å². The minimum Gasteiger partial charge on any atom is -0.386 e. The van der Waals surface area contributed by atoms with E-state index in [2.05, 4.69) is 20.4 Å². The van der Waals surface area contributed by atoms with Crippen LogP contribution in [0.4, 0.5) is 4.39 Å². The van der Waals surface area contributed by atoms with Gasteiger partial charge in [-0.1, -0.05) is 0 Å². The molecule has 0 spiro atoms. The van der Waals surface area contributed by atoms with Gasteiger partial charge in [-0.2, -0.15) is 5.10 Å². The first-order valence-electron chi connectivity index (χ1n) is 10.9. The summed E-state index contributed by atoms with van der Waals surface area (Å²) in [5, 5.41) is 30.8. The minimum atomic E-state index is -1.57. The lowest BCUT2D eigenvalue weighted by Crippen LogP contribution is -2.40. The van der Waals surface area contributed by atoms with Crippen LogP contribution in [0.25, 0.3) is 22.6 Å². The average molecular weight is 496 g/mol. The van der Waals surface area contributed by atoms with Crippen molar-refractivity contribution >= 4 is 17.2 Å². The zero-order valence-corrected chi connectivity index (χ0v) is 20.6. The van der Waals surface area contributed by atoms with Gasteiger partial charge in [0.15, 0.2) is 0 Å². The molecule has 8 nitrogen and oxygen atoms in total. The molecule has 1 atom stereocenters. The number of hydrogen-bond donors (Lipinski definition) is 3. The lowest BCUT2D eigenvalue weighted by atomic mass is 9.92. The molecule has 3 aromatic heterocycles. The molecule has 0 aliphatic heterocycles. The van der Waals surface area contributed by atoms with Crippen LogP contribution < -0.4 is 5.32 Å². The van der Waals surface area contributed by atoms with Gasteiger partial charge in [0.05, 0.1) is 29.0 Å². The standard InChI is InChI=1S/C25H26FN5O3S/c1-24(2,33)16-9-18(15-5-7-17(26)8-6-15)29-22(10-16)25(3,34)13-27-23(32)21-11-19(30-31(21)4)20-12-35-14-28-20/h5-12,14,33-34H,13H2,1-4H3,(H,27,32). The molecule has 182 valence electrons. The molecule has 1 aromatic carbocycles. The van der Waals surface area contributed by atoms with Gasteiger partial charge in [0.1, 0.15) is 28.5 Å². The molecule has 0 aliphatic carbocycles. The van der Waals surface area contributed by atoms with Crippen LogP contribution in [-0.2, 0) is 18.2 Å². The highest BCUT2D eigenvalue weighted by atomic mass is 32.1. The van der Waals surface area contributed by atoms with Crippen molar-refractivity contribution in [1.29, 1.82) is 0 Å². The van der Waals surface area contributed by atoms with E-state index in [1.807, 2.05) is 5.38 Å². The number of benzene rings is 1. The van der Waals surface area contributed by atoms with Gasteiger partial charge in [-0.15, -0.1) is 11.3 Å². The quantitative estimate of drug-likeness (QED) is 0.361. The molecule has 0 saturated carbocycles. The van der Waals surface area contributed by atoms with Crippen molar-refractivity contribution in [2.24, 2.45) is 7.05 Å². The van der Waals surface area contributed by atoms with Crippen LogP contribution in [0, 0.1) is 5.82 Å². The number of nitrogens with one attached hydrogen (secondary N) is 1. The fourth-order valence-corrected chi connectivity index (χ4v) is 4.05. The number of carbonyl (C=O) groups excluding carboxylic acids is 1. The Morgan fingerprint density at radius 3 is 2.43 bits per heavy atom. The SMILES string of the molecule is Cn1nc(-c2cscn2)cc1C(=O)NCC(C)(O)c1cc(C(C)(C)O)cc(-c2ccc(F)cc2)n1. The summed E-state index contributed by atoms with van der Waals surface area (Å²) in [4.78, 5) is 21.7. The van der Waals surface area contributed by atoms with E-state index in [1.54, 1.807) is 56.7 Å². The van der Waals surface area contributed by atoms with Crippen LogP contribution in [0.2, 0.25) is 0 Å². The van der Waals surface area contributed by atoms with Crippen molar-refractivity contribution in [2.45, 2.75) is 32.0 Å². The summed E-state index contributed by atoms with van der Waals surface area (Å²) in [5.41, 5.74) is 2.34. The van der Waals surface area contributed by atoms with Crippen molar-refractivity contribution < 1.29 is 19.4 Å². The number of amides is 1. The minimum absolute atomic E-state index is 0.145. The van der Waals surface area contributed by atoms with Gasteiger partial charge in [0, 0.05) is 18.0 Å². The van der Waals surface area contributed by atoms with Crippen molar-refractivity contribution in [3.05, 3.63) is 76.1 Å². The Bertz CT molecular complexity index is 1340. The highest BCUT2D eigenvalue weighted by Crippen LogP contribution is 2.30. The third-order valence-corrected chi connectivity index (χ3v) is 6.21. The Kier molecular flexibility index (Phi) is 6.54. The van der Waals surface area contributed by atoms with Crippen LogP contribution in [0.5, 0.6) is 0 Å². The fourth-order valence-electron chi connectivity index (χ4n) is 3.51. The summed E-state index contributed by atoms with van der Waals surface area (Å²) in [7, 11) is 1.66. The van der Waals surface area contributed by atoms with Gasteiger partial charge in [0.2, 0.25) is 0 Å². The van der Waals surface area contributed by atoms with Crippen LogP contribution in [0.3, 0.4) is 0 Å². The van der Waals surface area contributed by atoms with Crippen LogP contribution >= 0.6 is 11.3 Å². The smallest absolute Gasteiger partial charge is 0.269 e. The molecular formula is C25H26FN5O3S. The number of nitrogens with zero attached hydrogens (tertiary/aromatic N) is 4. The van der Waals surface area contributed by atoms with E-state index in [0.29, 0.717) is 33.9 Å². The molecule has 0 aliphatic rings. The van der Waals surface area contributed by atoms with E-state index in [9.17, 15) is 19.4 Å². The largest absolute Gasteiger partial charge is 0.386 e. The van der Waals surface area contributed by atoms with Gasteiger partial charge >= 0.3 is 0 Å². The predicted octanol–water partition coefficient (Wildman–Crippen LogP) is 3.61. The molecule has 10 heteroatoms. The first kappa shape index (κ1) is 24.6. The van der Waals surface area contributed by atoms with Gasteiger partial charge in [0.25, 0.3) is 5.91 Å². The summed E-state index contributed by atoms with van der Waals surface area (Å²) in [6.07, 6.45) is 0. The maximum absolute atomic E-state index is 13.4. The van der Waals surface area contributed by atoms with Gasteiger partial charge in [-0.05, 0) is 68.8 Å². The van der Waals surface area contributed by atoms with E-state index in [-0.39, 0.29) is 18.1 Å². The second-order valence-corrected chi connectivity index (χ2v) is 9.78. The Labute approximate surface area is 206 Å². The Morgan fingerprint density at radius 1 is 1.09 bits per heavy atom. The van der Waals surface area contributed by atoms with Crippen molar-refractivity contribution in [1.82, 2.24) is 25.1 Å². The average Bonchev–Trinajstić information content (AvgIpc) is 3.47. The molecule has 3 heterocycles. The Balaban J connectivity index is 1.60. The predicted molar refractivity (Wildman–Crippen MR) is 131 cm³/mol. The number of pyridine rings is 1. The van der Waals surface area contributed by atoms with E-state index < -0.39 is 17.1 Å². The second-order valence-electron chi connectivity index (χ2n) is 9.06. The molecule has 0 fully saturated rings. The molecule has 0 bridgehead atoms. The van der Waals surface area contributed by atoms with Gasteiger partial charge in [-0.3, -0.25) is 9.48 Å². The number of carbonyl (C=O) groups is 1. The first-order valence-corrected chi connectivity index (χ1v) is 11.8. The fraction of sp³-hybridized carbons (Fsp3) is 0.280. The molecule has 1 amide bonds. The molecule has 0 saturated heterocycles. The summed E-state index contributed by atoms with van der Waals surface area (Å²) in [6.45, 7) is 4.63. The summed E-state index contributed by atoms with van der Waals surface area (Å²) < 4.78 is 14.9. The van der Waals surface area contributed by atoms with Gasteiger partial charge < -0.3 is 15.5 Å². The zero-order chi connectivity index (χ0) is 25.4. The third kappa shape index (κ3) is 5.45. The molecule has 35 heavy (non-hydrogen) atoms. The molecule has 3 N–H and O–H groups in total. The highest BCUT2D eigenvalue weighted by Gasteiger charge is 2.30. The molecule has 0 radical (unpaired) electrons. The number of aromatic nitrogens is 4. The summed E-state index contributed by atoms with van der Waals surface area (Å²) in [5.74, 6) is -0.797. The van der Waals surface area contributed by atoms with Crippen molar-refractivity contribution in [3.8, 4) is 22.6 Å². The first-order chi connectivity index (χ1) is 16.4. The molecule has 4 rings (SSSR count). The number of thiazole rings is 1.